The first-order chi connectivity index (χ1) is 63.2. The number of pyridine rings is 4. The molecule has 4 N–H and O–H groups in total. The number of carbonyl (C=O) groups is 8. The fourth-order valence-corrected chi connectivity index (χ4v) is 18.5. The molecule has 0 saturated heterocycles. The molecule has 4 aliphatic heterocycles. The molecule has 0 radical (unpaired) electrons. The number of carbonyl (C=O) groups excluding carboxylic acids is 8. The number of methoxy groups -OCH3 is 8. The molecule has 0 bridgehead atoms. The van der Waals surface area contributed by atoms with E-state index in [1.54, 1.807) is 97.6 Å². The van der Waals surface area contributed by atoms with E-state index in [2.05, 4.69) is 83.7 Å². The number of aromatic nitrogens is 4. The van der Waals surface area contributed by atoms with Crippen molar-refractivity contribution in [2.45, 2.75) is 128 Å². The van der Waals surface area contributed by atoms with Gasteiger partial charge in [-0.2, -0.15) is 0 Å². The number of rotatable bonds is 16. The van der Waals surface area contributed by atoms with Gasteiger partial charge in [0.1, 0.15) is 93.6 Å². The van der Waals surface area contributed by atoms with Crippen molar-refractivity contribution in [2.24, 2.45) is 0 Å². The fourth-order valence-electron chi connectivity index (χ4n) is 17.0. The van der Waals surface area contributed by atoms with Crippen molar-refractivity contribution in [1.29, 1.82) is 0 Å². The first kappa shape index (κ1) is 96.9. The first-order valence-corrected chi connectivity index (χ1v) is 44.4. The van der Waals surface area contributed by atoms with Crippen molar-refractivity contribution in [3.05, 3.63) is 279 Å². The minimum atomic E-state index is -1.01. The van der Waals surface area contributed by atoms with Crippen LogP contribution in [0.15, 0.2) is 206 Å². The third-order valence-electron chi connectivity index (χ3n) is 22.5. The third-order valence-corrected chi connectivity index (χ3v) is 24.5. The van der Waals surface area contributed by atoms with E-state index in [0.29, 0.717) is 90.0 Å². The Bertz CT molecular complexity index is 5590. The molecule has 32 nitrogen and oxygen atoms in total. The summed E-state index contributed by atoms with van der Waals surface area (Å²) in [7, 11) is 9.77. The Morgan fingerprint density at radius 1 is 0.288 bits per heavy atom. The van der Waals surface area contributed by atoms with Gasteiger partial charge in [-0.05, 0) is 175 Å². The summed E-state index contributed by atoms with van der Waals surface area (Å²) in [6.07, 6.45) is 2.52. The van der Waals surface area contributed by atoms with E-state index in [1.165, 1.54) is 56.9 Å². The van der Waals surface area contributed by atoms with E-state index < -0.39 is 96.3 Å². The lowest BCUT2D eigenvalue weighted by atomic mass is 9.95. The van der Waals surface area contributed by atoms with Crippen LogP contribution in [0, 0.1) is 0 Å². The molecule has 0 saturated carbocycles. The lowest BCUT2D eigenvalue weighted by Gasteiger charge is -2.37. The van der Waals surface area contributed by atoms with Gasteiger partial charge < -0.3 is 95.6 Å². The van der Waals surface area contributed by atoms with E-state index in [4.69, 9.17) is 55.6 Å². The Morgan fingerprint density at radius 3 is 0.621 bits per heavy atom. The largest absolute Gasteiger partial charge is 0.465 e. The summed E-state index contributed by atoms with van der Waals surface area (Å²) in [5.41, 5.74) is 7.91. The smallest absolute Gasteiger partial charge is 0.374 e. The van der Waals surface area contributed by atoms with Gasteiger partial charge in [0, 0.05) is 89.1 Å². The Kier molecular flexibility index (Phi) is 30.1. The molecule has 688 valence electrons. The monoisotopic (exact) mass is 2060 g/mol. The van der Waals surface area contributed by atoms with Gasteiger partial charge in [0.15, 0.2) is 23.0 Å². The third kappa shape index (κ3) is 18.2. The summed E-state index contributed by atoms with van der Waals surface area (Å²) in [5, 5.41) is 46.5. The first-order valence-electron chi connectivity index (χ1n) is 41.2. The van der Waals surface area contributed by atoms with Gasteiger partial charge in [0.2, 0.25) is 23.0 Å². The van der Waals surface area contributed by atoms with Crippen LogP contribution in [-0.2, 0) is 37.9 Å². The zero-order chi connectivity index (χ0) is 95.4. The van der Waals surface area contributed by atoms with Gasteiger partial charge in [-0.1, -0.05) is 112 Å². The summed E-state index contributed by atoms with van der Waals surface area (Å²) in [4.78, 5) is 128. The number of benzene rings is 4. The molecule has 4 aliphatic rings. The van der Waals surface area contributed by atoms with Crippen molar-refractivity contribution >= 4 is 134 Å². The van der Waals surface area contributed by atoms with E-state index in [1.807, 2.05) is 148 Å². The number of furan rings is 4. The average molecular weight is 2060 g/mol. The number of hydrogen-bond acceptors (Lipinski definition) is 32. The summed E-state index contributed by atoms with van der Waals surface area (Å²) in [5.74, 6) is -6.23. The van der Waals surface area contributed by atoms with E-state index >= 15 is 0 Å². The molecule has 12 heterocycles. The van der Waals surface area contributed by atoms with Crippen LogP contribution in [0.3, 0.4) is 0 Å². The Labute approximate surface area is 791 Å². The Hall–Kier alpha value is -12.7. The molecule has 0 fully saturated rings. The van der Waals surface area contributed by atoms with Crippen LogP contribution >= 0.6 is 63.7 Å². The van der Waals surface area contributed by atoms with Gasteiger partial charge in [0.25, 0.3) is 0 Å². The highest BCUT2D eigenvalue weighted by Gasteiger charge is 2.51. The van der Waals surface area contributed by atoms with Crippen molar-refractivity contribution < 1.29 is 114 Å². The van der Waals surface area contributed by atoms with E-state index in [-0.39, 0.29) is 92.5 Å². The predicted molar refractivity (Wildman–Crippen MR) is 496 cm³/mol. The van der Waals surface area contributed by atoms with Gasteiger partial charge in [-0.25, -0.2) is 38.4 Å². The molecule has 16 rings (SSSR count). The molecular formula is C96H92Br4N8O24. The number of nitrogens with zero attached hydrogens (tertiary/aromatic N) is 8. The highest BCUT2D eigenvalue weighted by atomic mass is 79.9. The standard InChI is InChI=1S/4C24H23BrN2O6/c4*1-12(2)27-18(16-7-5-6-10-26-16)20(28)14-9-8-13(25)11-15(14)21-19(27)17(23(29)31-3)22(33-21)24(30)32-4/h4*5-12,18,20,28H,1-4H3/t4*18-,20+/m1110/s1. The quantitative estimate of drug-likeness (QED) is 0.0515. The second-order valence-corrected chi connectivity index (χ2v) is 35.0. The number of halogens is 4. The topological polar surface area (TPSA) is 408 Å². The molecule has 36 heteroatoms. The molecule has 0 aliphatic carbocycles. The molecule has 12 aromatic rings. The van der Waals surface area contributed by atoms with Gasteiger partial charge in [-0.15, -0.1) is 0 Å². The molecule has 132 heavy (non-hydrogen) atoms. The molecule has 0 spiro atoms. The number of esters is 8. The molecule has 8 atom stereocenters. The zero-order valence-corrected chi connectivity index (χ0v) is 80.5. The predicted octanol–water partition coefficient (Wildman–Crippen LogP) is 18.7. The molecule has 8 aromatic heterocycles. The number of ether oxygens (including phenoxy) is 8. The van der Waals surface area contributed by atoms with E-state index in [0.717, 1.165) is 17.9 Å². The van der Waals surface area contributed by atoms with Crippen molar-refractivity contribution in [2.75, 3.05) is 76.5 Å². The Balaban J connectivity index is 0.000000150. The maximum absolute atomic E-state index is 13.0. The molecule has 4 aromatic carbocycles. The van der Waals surface area contributed by atoms with Gasteiger partial charge >= 0.3 is 47.8 Å². The van der Waals surface area contributed by atoms with Crippen LogP contribution in [0.5, 0.6) is 0 Å². The molecule has 0 amide bonds. The number of aliphatic hydroxyl groups excluding tert-OH is 4. The number of anilines is 4. The van der Waals surface area contributed by atoms with Crippen molar-refractivity contribution in [1.82, 2.24) is 19.9 Å². The summed E-state index contributed by atoms with van der Waals surface area (Å²) in [6, 6.07) is 39.6. The lowest BCUT2D eigenvalue weighted by Crippen LogP contribution is -2.39. The second kappa shape index (κ2) is 41.0. The zero-order valence-electron chi connectivity index (χ0n) is 74.1. The highest BCUT2D eigenvalue weighted by molar-refractivity contribution is 9.11. The van der Waals surface area contributed by atoms with Crippen LogP contribution in [0.4, 0.5) is 22.7 Å². The number of hydrogen-bond donors (Lipinski definition) is 4. The minimum Gasteiger partial charge on any atom is -0.465 e. The molecule has 0 unspecified atom stereocenters. The maximum atomic E-state index is 13.0. The van der Waals surface area contributed by atoms with Crippen molar-refractivity contribution in [3.63, 3.8) is 0 Å². The van der Waals surface area contributed by atoms with Crippen LogP contribution in [0.1, 0.15) is 233 Å². The van der Waals surface area contributed by atoms with Gasteiger partial charge in [-0.3, -0.25) is 19.9 Å². The van der Waals surface area contributed by atoms with Crippen LogP contribution < -0.4 is 19.6 Å². The number of fused-ring (bicyclic) bond motifs is 12. The normalized spacial score (nSPS) is 17.2. The number of aliphatic hydroxyl groups is 4. The average Bonchev–Trinajstić information content (AvgIpc) is 1.59. The lowest BCUT2D eigenvalue weighted by molar-refractivity contribution is 0.0528. The Morgan fingerprint density at radius 2 is 0.470 bits per heavy atom. The van der Waals surface area contributed by atoms with E-state index in [9.17, 15) is 58.8 Å². The van der Waals surface area contributed by atoms with Crippen molar-refractivity contribution in [3.8, 4) is 45.3 Å². The second-order valence-electron chi connectivity index (χ2n) is 31.4. The van der Waals surface area contributed by atoms with Crippen LogP contribution in [0.25, 0.3) is 45.3 Å². The van der Waals surface area contributed by atoms with Gasteiger partial charge in [0.05, 0.1) is 79.7 Å². The van der Waals surface area contributed by atoms with Crippen LogP contribution in [-0.4, -0.2) is 169 Å². The summed E-state index contributed by atoms with van der Waals surface area (Å²) in [6.45, 7) is 15.4. The summed E-state index contributed by atoms with van der Waals surface area (Å²) >= 11 is 13.9. The maximum Gasteiger partial charge on any atom is 0.374 e. The summed E-state index contributed by atoms with van der Waals surface area (Å²) < 4.78 is 66.7. The highest BCUT2D eigenvalue weighted by Crippen LogP contribution is 2.58. The SMILES string of the molecule is COC(=O)c1oc2c(c1C(=O)OC)N(C(C)C)[C@@H](c1ccccn1)[C@H](O)c1ccc(Br)cc1-2.COC(=O)c1oc2c(c1C(=O)OC)N(C(C)C)[C@H](c1ccccn1)[C@@H](O)c1ccc(Br)cc1-2.COC(=O)c1oc2c(c1C(=O)OC)N(C(C)C)[C@H](c1ccccn1)[C@@H](O)c1ccc(Br)cc1-2.COC(=O)c1oc2c(c1C(=O)OC)N(C(C)C)[C@H](c1ccccn1)[C@@H](O)c1ccc(Br)cc1-2. The minimum absolute atomic E-state index is 0.0611. The fraction of sp³-hybridized carbons (Fsp3) is 0.292. The van der Waals surface area contributed by atoms with Crippen LogP contribution in [0.2, 0.25) is 0 Å². The molecular weight excluding hydrogens is 1970 g/mol.